The van der Waals surface area contributed by atoms with Gasteiger partial charge in [-0.15, -0.1) is 6.42 Å². The minimum absolute atomic E-state index is 0.0204. The zero-order chi connectivity index (χ0) is 15.2. The summed E-state index contributed by atoms with van der Waals surface area (Å²) in [7, 11) is 0. The quantitative estimate of drug-likeness (QED) is 0.793. The predicted octanol–water partition coefficient (Wildman–Crippen LogP) is 0.0449. The van der Waals surface area contributed by atoms with Crippen LogP contribution in [-0.2, 0) is 4.79 Å². The number of carbonyl (C=O) groups is 1. The van der Waals surface area contributed by atoms with E-state index in [2.05, 4.69) is 31.0 Å². The topological polar surface area (TPSA) is 61.4 Å². The van der Waals surface area contributed by atoms with Gasteiger partial charge >= 0.3 is 0 Å². The minimum Gasteiger partial charge on any atom is -0.344 e. The Morgan fingerprint density at radius 1 is 1.38 bits per heavy atom. The number of nitrogens with one attached hydrogen (secondary N) is 1. The van der Waals surface area contributed by atoms with E-state index in [1.165, 1.54) is 0 Å². The van der Waals surface area contributed by atoms with Crippen molar-refractivity contribution in [3.05, 3.63) is 18.0 Å². The number of aryl methyl sites for hydroxylation is 1. The first-order valence-electron chi connectivity index (χ1n) is 7.10. The average Bonchev–Trinajstić information content (AvgIpc) is 2.53. The first kappa shape index (κ1) is 15.3. The molecule has 1 aliphatic rings. The van der Waals surface area contributed by atoms with Gasteiger partial charge in [-0.05, 0) is 19.4 Å². The Morgan fingerprint density at radius 3 is 2.57 bits per heavy atom. The number of hydrogen-bond acceptors (Lipinski definition) is 5. The highest BCUT2D eigenvalue weighted by molar-refractivity contribution is 5.81. The standard InChI is InChI=1S/C15H21N5O/c1-4-5-16-14(21)13(3)19-6-8-20(9-7-19)15-17-10-12(2)11-18-15/h1,10-11,13H,5-9H2,2-3H3,(H,16,21)/t13-/m1/s1. The van der Waals surface area contributed by atoms with Gasteiger partial charge in [-0.3, -0.25) is 9.69 Å². The lowest BCUT2D eigenvalue weighted by Gasteiger charge is -2.37. The van der Waals surface area contributed by atoms with Crippen molar-refractivity contribution < 1.29 is 4.79 Å². The summed E-state index contributed by atoms with van der Waals surface area (Å²) < 4.78 is 0. The van der Waals surface area contributed by atoms with Crippen LogP contribution in [0.4, 0.5) is 5.95 Å². The molecule has 1 fully saturated rings. The number of piperazine rings is 1. The second kappa shape index (κ2) is 7.04. The van der Waals surface area contributed by atoms with E-state index in [1.54, 1.807) is 0 Å². The minimum atomic E-state index is -0.167. The number of anilines is 1. The van der Waals surface area contributed by atoms with Crippen LogP contribution in [0, 0.1) is 19.3 Å². The van der Waals surface area contributed by atoms with Crippen LogP contribution in [0.5, 0.6) is 0 Å². The molecule has 21 heavy (non-hydrogen) atoms. The Labute approximate surface area is 125 Å². The van der Waals surface area contributed by atoms with E-state index in [1.807, 2.05) is 26.2 Å². The average molecular weight is 287 g/mol. The van der Waals surface area contributed by atoms with Crippen LogP contribution in [-0.4, -0.2) is 59.5 Å². The lowest BCUT2D eigenvalue weighted by atomic mass is 10.2. The molecule has 6 nitrogen and oxygen atoms in total. The molecule has 0 bridgehead atoms. The number of carbonyl (C=O) groups excluding carboxylic acids is 1. The van der Waals surface area contributed by atoms with Crippen LogP contribution in [0.2, 0.25) is 0 Å². The summed E-state index contributed by atoms with van der Waals surface area (Å²) in [4.78, 5) is 24.9. The molecule has 2 heterocycles. The van der Waals surface area contributed by atoms with Gasteiger partial charge in [-0.2, -0.15) is 0 Å². The molecular formula is C15H21N5O. The third-order valence-electron chi connectivity index (χ3n) is 3.66. The third kappa shape index (κ3) is 3.92. The largest absolute Gasteiger partial charge is 0.344 e. The second-order valence-electron chi connectivity index (χ2n) is 5.18. The Balaban J connectivity index is 1.86. The van der Waals surface area contributed by atoms with E-state index in [-0.39, 0.29) is 18.5 Å². The van der Waals surface area contributed by atoms with Crippen molar-refractivity contribution in [1.29, 1.82) is 0 Å². The molecule has 0 spiro atoms. The highest BCUT2D eigenvalue weighted by Crippen LogP contribution is 2.12. The first-order chi connectivity index (χ1) is 10.1. The van der Waals surface area contributed by atoms with E-state index in [0.717, 1.165) is 37.7 Å². The van der Waals surface area contributed by atoms with Gasteiger partial charge in [0.1, 0.15) is 0 Å². The number of aromatic nitrogens is 2. The first-order valence-corrected chi connectivity index (χ1v) is 7.10. The van der Waals surface area contributed by atoms with Crippen molar-refractivity contribution in [2.75, 3.05) is 37.6 Å². The van der Waals surface area contributed by atoms with Crippen LogP contribution in [0.1, 0.15) is 12.5 Å². The molecule has 1 saturated heterocycles. The van der Waals surface area contributed by atoms with Crippen LogP contribution in [0.15, 0.2) is 12.4 Å². The van der Waals surface area contributed by atoms with E-state index >= 15 is 0 Å². The second-order valence-corrected chi connectivity index (χ2v) is 5.18. The van der Waals surface area contributed by atoms with E-state index in [0.29, 0.717) is 0 Å². The highest BCUT2D eigenvalue weighted by Gasteiger charge is 2.26. The van der Waals surface area contributed by atoms with Crippen LogP contribution >= 0.6 is 0 Å². The fourth-order valence-electron chi connectivity index (χ4n) is 2.31. The van der Waals surface area contributed by atoms with E-state index < -0.39 is 0 Å². The molecule has 6 heteroatoms. The smallest absolute Gasteiger partial charge is 0.237 e. The Hall–Kier alpha value is -2.13. The zero-order valence-electron chi connectivity index (χ0n) is 12.5. The van der Waals surface area contributed by atoms with Crippen molar-refractivity contribution >= 4 is 11.9 Å². The summed E-state index contributed by atoms with van der Waals surface area (Å²) in [6.07, 6.45) is 8.80. The van der Waals surface area contributed by atoms with Crippen LogP contribution in [0.3, 0.4) is 0 Å². The Kier molecular flexibility index (Phi) is 5.12. The number of amides is 1. The van der Waals surface area contributed by atoms with Gasteiger partial charge in [-0.1, -0.05) is 5.92 Å². The van der Waals surface area contributed by atoms with Gasteiger partial charge in [0.15, 0.2) is 0 Å². The lowest BCUT2D eigenvalue weighted by molar-refractivity contribution is -0.125. The zero-order valence-corrected chi connectivity index (χ0v) is 12.5. The molecule has 0 aliphatic carbocycles. The van der Waals surface area contributed by atoms with Gasteiger partial charge in [0, 0.05) is 38.6 Å². The molecule has 1 aliphatic heterocycles. The fourth-order valence-corrected chi connectivity index (χ4v) is 2.31. The molecule has 0 saturated carbocycles. The molecule has 1 amide bonds. The van der Waals surface area contributed by atoms with Gasteiger partial charge < -0.3 is 10.2 Å². The maximum Gasteiger partial charge on any atom is 0.237 e. The molecule has 0 aromatic carbocycles. The summed E-state index contributed by atoms with van der Waals surface area (Å²) in [5, 5.41) is 2.72. The summed E-state index contributed by atoms with van der Waals surface area (Å²) in [6.45, 7) is 7.40. The third-order valence-corrected chi connectivity index (χ3v) is 3.66. The molecular weight excluding hydrogens is 266 g/mol. The summed E-state index contributed by atoms with van der Waals surface area (Å²) in [5.74, 6) is 3.15. The molecule has 2 rings (SSSR count). The highest BCUT2D eigenvalue weighted by atomic mass is 16.2. The van der Waals surface area contributed by atoms with Crippen LogP contribution < -0.4 is 10.2 Å². The molecule has 1 aromatic heterocycles. The Morgan fingerprint density at radius 2 is 2.00 bits per heavy atom. The predicted molar refractivity (Wildman–Crippen MR) is 81.9 cm³/mol. The number of nitrogens with zero attached hydrogens (tertiary/aromatic N) is 4. The van der Waals surface area contributed by atoms with Crippen LogP contribution in [0.25, 0.3) is 0 Å². The van der Waals surface area contributed by atoms with Gasteiger partial charge in [-0.25, -0.2) is 9.97 Å². The van der Waals surface area contributed by atoms with Crippen molar-refractivity contribution in [2.24, 2.45) is 0 Å². The molecule has 0 unspecified atom stereocenters. The summed E-state index contributed by atoms with van der Waals surface area (Å²) in [6, 6.07) is -0.167. The number of hydrogen-bond donors (Lipinski definition) is 1. The summed E-state index contributed by atoms with van der Waals surface area (Å²) in [5.41, 5.74) is 1.05. The molecule has 1 atom stereocenters. The number of terminal acetylenes is 1. The number of rotatable bonds is 4. The summed E-state index contributed by atoms with van der Waals surface area (Å²) >= 11 is 0. The Bertz CT molecular complexity index is 514. The van der Waals surface area contributed by atoms with Gasteiger partial charge in [0.05, 0.1) is 12.6 Å². The van der Waals surface area contributed by atoms with Gasteiger partial charge in [0.2, 0.25) is 11.9 Å². The van der Waals surface area contributed by atoms with Crippen molar-refractivity contribution in [3.63, 3.8) is 0 Å². The molecule has 1 aromatic rings. The molecule has 1 N–H and O–H groups in total. The SMILES string of the molecule is C#CCNC(=O)[C@@H](C)N1CCN(c2ncc(C)cn2)CC1. The van der Waals surface area contributed by atoms with Crippen molar-refractivity contribution in [1.82, 2.24) is 20.2 Å². The van der Waals surface area contributed by atoms with Crippen molar-refractivity contribution in [3.8, 4) is 12.3 Å². The van der Waals surface area contributed by atoms with Gasteiger partial charge in [0.25, 0.3) is 0 Å². The monoisotopic (exact) mass is 287 g/mol. The normalized spacial score (nSPS) is 17.1. The van der Waals surface area contributed by atoms with Crippen molar-refractivity contribution in [2.45, 2.75) is 19.9 Å². The molecule has 112 valence electrons. The maximum atomic E-state index is 11.9. The lowest BCUT2D eigenvalue weighted by Crippen LogP contribution is -2.54. The maximum absolute atomic E-state index is 11.9. The van der Waals surface area contributed by atoms with E-state index in [4.69, 9.17) is 6.42 Å². The van der Waals surface area contributed by atoms with E-state index in [9.17, 15) is 4.79 Å². The molecule has 0 radical (unpaired) electrons. The fraction of sp³-hybridized carbons (Fsp3) is 0.533.